The van der Waals surface area contributed by atoms with Gasteiger partial charge >= 0.3 is 9.15 Å². The smallest absolute Gasteiger partial charge is 0.372 e. The molecule has 0 saturated heterocycles. The monoisotopic (exact) mass is 370 g/mol. The van der Waals surface area contributed by atoms with Gasteiger partial charge in [0, 0.05) is 0 Å². The van der Waals surface area contributed by atoms with E-state index in [0.717, 1.165) is 11.8 Å². The van der Waals surface area contributed by atoms with Crippen LogP contribution in [0.5, 0.6) is 5.75 Å². The van der Waals surface area contributed by atoms with Crippen LogP contribution in [0.25, 0.3) is 0 Å². The zero-order chi connectivity index (χ0) is 15.4. The summed E-state index contributed by atoms with van der Waals surface area (Å²) in [6, 6.07) is 8.07. The molecule has 110 valence electrons. The SMILES string of the molecule is CC(C)(SC(=S)SS(=O)(=O)Oc1ccccc1)C(=O)Cl. The van der Waals surface area contributed by atoms with Gasteiger partial charge in [0.1, 0.15) is 9.28 Å². The van der Waals surface area contributed by atoms with Crippen LogP contribution >= 0.6 is 46.4 Å². The van der Waals surface area contributed by atoms with E-state index in [1.165, 1.54) is 12.1 Å². The van der Waals surface area contributed by atoms with Crippen molar-refractivity contribution >= 4 is 64.3 Å². The van der Waals surface area contributed by atoms with Gasteiger partial charge in [-0.25, -0.2) is 0 Å². The summed E-state index contributed by atoms with van der Waals surface area (Å²) in [7, 11) is -3.56. The fraction of sp³-hybridized carbons (Fsp3) is 0.273. The van der Waals surface area contributed by atoms with E-state index in [-0.39, 0.29) is 9.28 Å². The summed E-state index contributed by atoms with van der Waals surface area (Å²) in [5.41, 5.74) is 0. The molecule has 0 aliphatic carbocycles. The standard InChI is InChI=1S/C11H11ClO4S4/c1-11(2,9(12)13)18-10(17)19-20(14,15)16-8-6-4-3-5-7-8/h3-7H,1-2H3. The molecule has 4 nitrogen and oxygen atoms in total. The third-order valence-corrected chi connectivity index (χ3v) is 7.06. The average molecular weight is 371 g/mol. The Morgan fingerprint density at radius 3 is 2.35 bits per heavy atom. The Morgan fingerprint density at radius 2 is 1.85 bits per heavy atom. The zero-order valence-corrected chi connectivity index (χ0v) is 14.6. The first-order valence-electron chi connectivity index (χ1n) is 5.24. The number of hydrogen-bond donors (Lipinski definition) is 0. The number of para-hydroxylation sites is 1. The predicted molar refractivity (Wildman–Crippen MR) is 88.7 cm³/mol. The Hall–Kier alpha value is -0.280. The maximum atomic E-state index is 11.8. The average Bonchev–Trinajstić information content (AvgIpc) is 2.27. The summed E-state index contributed by atoms with van der Waals surface area (Å²) >= 11 is 11.2. The Morgan fingerprint density at radius 1 is 1.30 bits per heavy atom. The van der Waals surface area contributed by atoms with E-state index in [4.69, 9.17) is 28.0 Å². The lowest BCUT2D eigenvalue weighted by Gasteiger charge is -2.18. The molecule has 1 aromatic rings. The molecule has 0 heterocycles. The van der Waals surface area contributed by atoms with Crippen molar-refractivity contribution in [1.82, 2.24) is 0 Å². The Balaban J connectivity index is 2.68. The van der Waals surface area contributed by atoms with Gasteiger partial charge < -0.3 is 4.18 Å². The molecule has 1 rings (SSSR count). The van der Waals surface area contributed by atoms with Crippen LogP contribution in [0.4, 0.5) is 0 Å². The molecule has 0 saturated carbocycles. The second kappa shape index (κ2) is 7.13. The van der Waals surface area contributed by atoms with E-state index in [0.29, 0.717) is 10.8 Å². The minimum Gasteiger partial charge on any atom is -0.374 e. The molecule has 0 spiro atoms. The lowest BCUT2D eigenvalue weighted by Crippen LogP contribution is -2.24. The molecule has 1 aromatic carbocycles. The van der Waals surface area contributed by atoms with E-state index in [2.05, 4.69) is 0 Å². The first-order chi connectivity index (χ1) is 9.12. The fourth-order valence-electron chi connectivity index (χ4n) is 0.960. The lowest BCUT2D eigenvalue weighted by molar-refractivity contribution is -0.113. The maximum absolute atomic E-state index is 11.8. The fourth-order valence-corrected chi connectivity index (χ4v) is 6.15. The molecule has 20 heavy (non-hydrogen) atoms. The van der Waals surface area contributed by atoms with Crippen LogP contribution in [0.2, 0.25) is 0 Å². The molecule has 9 heteroatoms. The van der Waals surface area contributed by atoms with Crippen molar-refractivity contribution < 1.29 is 17.4 Å². The van der Waals surface area contributed by atoms with Crippen molar-refractivity contribution in [1.29, 1.82) is 0 Å². The van der Waals surface area contributed by atoms with Crippen LogP contribution in [0.15, 0.2) is 30.3 Å². The third kappa shape index (κ3) is 6.01. The maximum Gasteiger partial charge on any atom is 0.372 e. The Kier molecular flexibility index (Phi) is 6.33. The van der Waals surface area contributed by atoms with Gasteiger partial charge in [0.05, 0.1) is 15.5 Å². The van der Waals surface area contributed by atoms with Gasteiger partial charge in [0.25, 0.3) is 0 Å². The van der Waals surface area contributed by atoms with E-state index in [9.17, 15) is 13.2 Å². The van der Waals surface area contributed by atoms with Gasteiger partial charge in [-0.15, -0.1) is 0 Å². The third-order valence-electron chi connectivity index (χ3n) is 1.92. The molecule has 0 radical (unpaired) electrons. The molecular formula is C11H11ClO4S4. The van der Waals surface area contributed by atoms with Crippen LogP contribution in [0.3, 0.4) is 0 Å². The highest BCUT2D eigenvalue weighted by molar-refractivity contribution is 8.83. The number of halogens is 1. The molecule has 0 aliphatic rings. The summed E-state index contributed by atoms with van der Waals surface area (Å²) in [6.07, 6.45) is 0. The van der Waals surface area contributed by atoms with Gasteiger partial charge in [-0.3, -0.25) is 4.79 Å². The van der Waals surface area contributed by atoms with Crippen LogP contribution in [-0.4, -0.2) is 21.9 Å². The predicted octanol–water partition coefficient (Wildman–Crippen LogP) is 3.61. The lowest BCUT2D eigenvalue weighted by atomic mass is 10.2. The largest absolute Gasteiger partial charge is 0.374 e. The number of rotatable bonds is 5. The van der Waals surface area contributed by atoms with Crippen molar-refractivity contribution in [3.05, 3.63) is 30.3 Å². The van der Waals surface area contributed by atoms with Crippen LogP contribution < -0.4 is 4.18 Å². The van der Waals surface area contributed by atoms with E-state index in [1.54, 1.807) is 32.0 Å². The second-order valence-electron chi connectivity index (χ2n) is 4.02. The van der Waals surface area contributed by atoms with Crippen molar-refractivity contribution in [3.63, 3.8) is 0 Å². The van der Waals surface area contributed by atoms with Crippen molar-refractivity contribution in [2.45, 2.75) is 18.6 Å². The Labute approximate surface area is 136 Å². The molecule has 0 atom stereocenters. The number of benzene rings is 1. The van der Waals surface area contributed by atoms with Crippen LogP contribution in [-0.2, 0) is 13.9 Å². The number of hydrogen-bond acceptors (Lipinski definition) is 7. The first-order valence-corrected chi connectivity index (χ1v) is 9.59. The van der Waals surface area contributed by atoms with Gasteiger partial charge in [0.15, 0.2) is 0 Å². The summed E-state index contributed by atoms with van der Waals surface area (Å²) in [5.74, 6) is 0.195. The van der Waals surface area contributed by atoms with Gasteiger partial charge in [-0.2, -0.15) is 8.42 Å². The first kappa shape index (κ1) is 17.8. The van der Waals surface area contributed by atoms with Gasteiger partial charge in [0.2, 0.25) is 5.24 Å². The number of carbonyl (C=O) groups is 1. The molecule has 0 unspecified atom stereocenters. The number of carbonyl (C=O) groups excluding carboxylic acids is 1. The molecule has 0 amide bonds. The molecule has 0 aromatic heterocycles. The Bertz CT molecular complexity index is 598. The van der Waals surface area contributed by atoms with Gasteiger partial charge in [-0.1, -0.05) is 42.2 Å². The number of thioether (sulfide) groups is 1. The van der Waals surface area contributed by atoms with Crippen molar-refractivity contribution in [3.8, 4) is 5.75 Å². The molecule has 0 N–H and O–H groups in total. The summed E-state index contributed by atoms with van der Waals surface area (Å²) in [4.78, 5) is 11.2. The van der Waals surface area contributed by atoms with E-state index in [1.807, 2.05) is 0 Å². The van der Waals surface area contributed by atoms with Gasteiger partial charge in [-0.05, 0) is 37.6 Å². The van der Waals surface area contributed by atoms with Crippen LogP contribution in [0.1, 0.15) is 13.8 Å². The zero-order valence-electron chi connectivity index (χ0n) is 10.5. The summed E-state index contributed by atoms with van der Waals surface area (Å²) in [6.45, 7) is 3.12. The van der Waals surface area contributed by atoms with E-state index < -0.39 is 19.1 Å². The molecule has 0 aliphatic heterocycles. The van der Waals surface area contributed by atoms with E-state index >= 15 is 0 Å². The summed E-state index contributed by atoms with van der Waals surface area (Å²) < 4.78 is 27.5. The highest BCUT2D eigenvalue weighted by Gasteiger charge is 2.30. The quantitative estimate of drug-likeness (QED) is 0.445. The highest BCUT2D eigenvalue weighted by atomic mass is 35.5. The topological polar surface area (TPSA) is 60.4 Å². The van der Waals surface area contributed by atoms with Crippen molar-refractivity contribution in [2.75, 3.05) is 0 Å². The number of thiocarbonyl (C=S) groups is 1. The van der Waals surface area contributed by atoms with Crippen LogP contribution in [0, 0.1) is 0 Å². The normalized spacial score (nSPS) is 11.9. The highest BCUT2D eigenvalue weighted by Crippen LogP contribution is 2.35. The minimum atomic E-state index is -3.93. The molecule has 0 bridgehead atoms. The molecular weight excluding hydrogens is 360 g/mol. The summed E-state index contributed by atoms with van der Waals surface area (Å²) in [5, 5.41) is -0.605. The second-order valence-corrected chi connectivity index (χ2v) is 10.5. The van der Waals surface area contributed by atoms with Crippen molar-refractivity contribution in [2.24, 2.45) is 0 Å². The minimum absolute atomic E-state index is 0.0416. The molecule has 0 fully saturated rings.